The first-order chi connectivity index (χ1) is 13.4. The number of carbonyl (C=O) groups is 2. The predicted octanol–water partition coefficient (Wildman–Crippen LogP) is 4.54. The van der Waals surface area contributed by atoms with Gasteiger partial charge in [0, 0.05) is 29.4 Å². The van der Waals surface area contributed by atoms with Gasteiger partial charge in [0.05, 0.1) is 0 Å². The molecule has 1 heterocycles. The third-order valence-electron chi connectivity index (χ3n) is 4.96. The number of carbonyl (C=O) groups excluding carboxylic acids is 2. The summed E-state index contributed by atoms with van der Waals surface area (Å²) in [6.07, 6.45) is 2.06. The van der Waals surface area contributed by atoms with Crippen molar-refractivity contribution in [2.45, 2.75) is 26.7 Å². The number of hydrogen-bond acceptors (Lipinski definition) is 3. The molecule has 0 radical (unpaired) electrons. The summed E-state index contributed by atoms with van der Waals surface area (Å²) in [7, 11) is 0. The van der Waals surface area contributed by atoms with Gasteiger partial charge in [0.1, 0.15) is 5.75 Å². The Morgan fingerprint density at radius 2 is 1.93 bits per heavy atom. The Labute approximate surface area is 170 Å². The van der Waals surface area contributed by atoms with E-state index in [-0.39, 0.29) is 18.4 Å². The van der Waals surface area contributed by atoms with E-state index in [9.17, 15) is 9.59 Å². The molecule has 0 saturated carbocycles. The zero-order valence-corrected chi connectivity index (χ0v) is 17.0. The second-order valence-corrected chi connectivity index (χ2v) is 7.74. The lowest BCUT2D eigenvalue weighted by molar-refractivity contribution is -0.118. The number of piperidine rings is 1. The number of aryl methyl sites for hydroxylation is 1. The van der Waals surface area contributed by atoms with Gasteiger partial charge in [-0.2, -0.15) is 0 Å². The van der Waals surface area contributed by atoms with Gasteiger partial charge >= 0.3 is 0 Å². The van der Waals surface area contributed by atoms with Crippen LogP contribution in [0.15, 0.2) is 42.5 Å². The van der Waals surface area contributed by atoms with Crippen molar-refractivity contribution in [2.75, 3.05) is 25.0 Å². The molecule has 1 N–H and O–H groups in total. The molecule has 2 aromatic rings. The first kappa shape index (κ1) is 20.2. The lowest BCUT2D eigenvalue weighted by atomic mass is 9.98. The summed E-state index contributed by atoms with van der Waals surface area (Å²) in [6, 6.07) is 12.3. The molecule has 0 atom stereocenters. The minimum absolute atomic E-state index is 0.0102. The minimum atomic E-state index is -0.286. The van der Waals surface area contributed by atoms with Crippen LogP contribution in [0.4, 0.5) is 5.69 Å². The molecule has 1 aliphatic heterocycles. The first-order valence-corrected chi connectivity index (χ1v) is 9.88. The molecule has 3 rings (SSSR count). The van der Waals surface area contributed by atoms with Gasteiger partial charge in [0.15, 0.2) is 6.61 Å². The van der Waals surface area contributed by atoms with Crippen molar-refractivity contribution in [1.82, 2.24) is 4.90 Å². The highest BCUT2D eigenvalue weighted by atomic mass is 35.5. The summed E-state index contributed by atoms with van der Waals surface area (Å²) in [4.78, 5) is 26.8. The van der Waals surface area contributed by atoms with Gasteiger partial charge in [-0.15, -0.1) is 0 Å². The quantitative estimate of drug-likeness (QED) is 0.801. The molecular formula is C22H25ClN2O3. The molecule has 0 spiro atoms. The van der Waals surface area contributed by atoms with E-state index < -0.39 is 0 Å². The molecule has 0 unspecified atom stereocenters. The van der Waals surface area contributed by atoms with Crippen molar-refractivity contribution < 1.29 is 14.3 Å². The van der Waals surface area contributed by atoms with Gasteiger partial charge in [-0.25, -0.2) is 0 Å². The molecule has 5 nitrogen and oxygen atoms in total. The van der Waals surface area contributed by atoms with Crippen LogP contribution in [-0.4, -0.2) is 36.4 Å². The third-order valence-corrected chi connectivity index (χ3v) is 5.19. The zero-order valence-electron chi connectivity index (χ0n) is 16.2. The fraction of sp³-hybridized carbons (Fsp3) is 0.364. The molecule has 1 fully saturated rings. The van der Waals surface area contributed by atoms with Gasteiger partial charge in [-0.3, -0.25) is 9.59 Å². The molecule has 0 aliphatic carbocycles. The third kappa shape index (κ3) is 5.26. The number of nitrogens with one attached hydrogen (secondary N) is 1. The maximum absolute atomic E-state index is 12.7. The van der Waals surface area contributed by atoms with E-state index in [1.807, 2.05) is 11.8 Å². The molecule has 2 amide bonds. The van der Waals surface area contributed by atoms with E-state index in [0.29, 0.717) is 27.9 Å². The minimum Gasteiger partial charge on any atom is -0.483 e. The summed E-state index contributed by atoms with van der Waals surface area (Å²) in [5, 5.41) is 3.41. The fourth-order valence-corrected chi connectivity index (χ4v) is 3.47. The van der Waals surface area contributed by atoms with Gasteiger partial charge < -0.3 is 15.0 Å². The Hall–Kier alpha value is -2.53. The second kappa shape index (κ2) is 9.11. The molecule has 1 aliphatic rings. The summed E-state index contributed by atoms with van der Waals surface area (Å²) in [5.74, 6) is 1.00. The molecule has 28 heavy (non-hydrogen) atoms. The van der Waals surface area contributed by atoms with E-state index in [4.69, 9.17) is 16.3 Å². The number of benzene rings is 2. The van der Waals surface area contributed by atoms with E-state index in [1.54, 1.807) is 42.5 Å². The summed E-state index contributed by atoms with van der Waals surface area (Å²) in [6.45, 7) is 5.53. The molecule has 0 bridgehead atoms. The highest BCUT2D eigenvalue weighted by Crippen LogP contribution is 2.22. The predicted molar refractivity (Wildman–Crippen MR) is 111 cm³/mol. The molecule has 148 valence electrons. The van der Waals surface area contributed by atoms with Gasteiger partial charge in [-0.05, 0) is 67.6 Å². The Bertz CT molecular complexity index is 861. The van der Waals surface area contributed by atoms with E-state index >= 15 is 0 Å². The SMILES string of the molecule is Cc1cc(Cl)ccc1OCC(=O)Nc1cccc(C(=O)N2CCC(C)CC2)c1. The van der Waals surface area contributed by atoms with Crippen molar-refractivity contribution in [1.29, 1.82) is 0 Å². The number of ether oxygens (including phenoxy) is 1. The average molecular weight is 401 g/mol. The van der Waals surface area contributed by atoms with Gasteiger partial charge in [-0.1, -0.05) is 24.6 Å². The molecular weight excluding hydrogens is 376 g/mol. The highest BCUT2D eigenvalue weighted by molar-refractivity contribution is 6.30. The van der Waals surface area contributed by atoms with Crippen molar-refractivity contribution in [2.24, 2.45) is 5.92 Å². The second-order valence-electron chi connectivity index (χ2n) is 7.30. The van der Waals surface area contributed by atoms with Crippen LogP contribution in [0.3, 0.4) is 0 Å². The Morgan fingerprint density at radius 1 is 1.18 bits per heavy atom. The summed E-state index contributed by atoms with van der Waals surface area (Å²) < 4.78 is 5.56. The number of halogens is 1. The lowest BCUT2D eigenvalue weighted by Crippen LogP contribution is -2.37. The maximum atomic E-state index is 12.7. The van der Waals surface area contributed by atoms with Crippen LogP contribution in [0.2, 0.25) is 5.02 Å². The zero-order chi connectivity index (χ0) is 20.1. The fourth-order valence-electron chi connectivity index (χ4n) is 3.24. The summed E-state index contributed by atoms with van der Waals surface area (Å²) in [5.41, 5.74) is 2.03. The highest BCUT2D eigenvalue weighted by Gasteiger charge is 2.21. The summed E-state index contributed by atoms with van der Waals surface area (Å²) >= 11 is 5.92. The number of amides is 2. The molecule has 2 aromatic carbocycles. The van der Waals surface area contributed by atoms with Crippen molar-refractivity contribution in [3.63, 3.8) is 0 Å². The Balaban J connectivity index is 1.57. The van der Waals surface area contributed by atoms with Crippen molar-refractivity contribution in [3.8, 4) is 5.75 Å². The first-order valence-electron chi connectivity index (χ1n) is 9.50. The number of likely N-dealkylation sites (tertiary alicyclic amines) is 1. The monoisotopic (exact) mass is 400 g/mol. The Morgan fingerprint density at radius 3 is 2.64 bits per heavy atom. The Kier molecular flexibility index (Phi) is 6.57. The number of nitrogens with zero attached hydrogens (tertiary/aromatic N) is 1. The maximum Gasteiger partial charge on any atom is 0.262 e. The molecule has 0 aromatic heterocycles. The van der Waals surface area contributed by atoms with Crippen LogP contribution in [0, 0.1) is 12.8 Å². The van der Waals surface area contributed by atoms with Crippen LogP contribution in [0.25, 0.3) is 0 Å². The van der Waals surface area contributed by atoms with Gasteiger partial charge in [0.25, 0.3) is 11.8 Å². The van der Waals surface area contributed by atoms with Crippen LogP contribution < -0.4 is 10.1 Å². The smallest absolute Gasteiger partial charge is 0.262 e. The van der Waals surface area contributed by atoms with Gasteiger partial charge in [0.2, 0.25) is 0 Å². The van der Waals surface area contributed by atoms with E-state index in [2.05, 4.69) is 12.2 Å². The van der Waals surface area contributed by atoms with Crippen molar-refractivity contribution >= 4 is 29.1 Å². The van der Waals surface area contributed by atoms with Crippen LogP contribution in [0.5, 0.6) is 5.75 Å². The van der Waals surface area contributed by atoms with Crippen molar-refractivity contribution in [3.05, 3.63) is 58.6 Å². The molecule has 6 heteroatoms. The number of hydrogen-bond donors (Lipinski definition) is 1. The van der Waals surface area contributed by atoms with E-state index in [1.165, 1.54) is 0 Å². The topological polar surface area (TPSA) is 58.6 Å². The number of anilines is 1. The standard InChI is InChI=1S/C22H25ClN2O3/c1-15-8-10-25(11-9-15)22(27)17-4-3-5-19(13-17)24-21(26)14-28-20-7-6-18(23)12-16(20)2/h3-7,12-13,15H,8-11,14H2,1-2H3,(H,24,26). The number of rotatable bonds is 5. The largest absolute Gasteiger partial charge is 0.483 e. The van der Waals surface area contributed by atoms with E-state index in [0.717, 1.165) is 31.5 Å². The normalized spacial score (nSPS) is 14.6. The molecule has 1 saturated heterocycles. The average Bonchev–Trinajstić information content (AvgIpc) is 2.67. The lowest BCUT2D eigenvalue weighted by Gasteiger charge is -2.30. The van der Waals surface area contributed by atoms with Crippen LogP contribution >= 0.6 is 11.6 Å². The van der Waals surface area contributed by atoms with Crippen LogP contribution in [0.1, 0.15) is 35.7 Å². The van der Waals surface area contributed by atoms with Crippen LogP contribution in [-0.2, 0) is 4.79 Å².